The van der Waals surface area contributed by atoms with Gasteiger partial charge in [0.1, 0.15) is 4.90 Å². The van der Waals surface area contributed by atoms with Gasteiger partial charge in [-0.2, -0.15) is 0 Å². The predicted molar refractivity (Wildman–Crippen MR) is 80.2 cm³/mol. The molecule has 0 atom stereocenters. The van der Waals surface area contributed by atoms with Crippen LogP contribution >= 0.6 is 0 Å². The lowest BCUT2D eigenvalue weighted by Gasteiger charge is -2.12. The second-order valence-electron chi connectivity index (χ2n) is 5.28. The molecule has 2 N–H and O–H groups in total. The summed E-state index contributed by atoms with van der Waals surface area (Å²) in [4.78, 5) is 4.16. The number of aromatic nitrogens is 1. The normalized spacial score (nSPS) is 15.2. The number of rotatable bonds is 9. The van der Waals surface area contributed by atoms with E-state index in [9.17, 15) is 8.42 Å². The van der Waals surface area contributed by atoms with Crippen molar-refractivity contribution >= 4 is 15.7 Å². The highest BCUT2D eigenvalue weighted by atomic mass is 32.2. The van der Waals surface area contributed by atoms with E-state index in [1.54, 1.807) is 12.3 Å². The van der Waals surface area contributed by atoms with Gasteiger partial charge in [-0.3, -0.25) is 4.98 Å². The molecular weight excluding hydrogens is 274 g/mol. The molecule has 1 fully saturated rings. The van der Waals surface area contributed by atoms with Crippen LogP contribution in [0, 0.1) is 5.92 Å². The molecule has 5 nitrogen and oxygen atoms in total. The topological polar surface area (TPSA) is 71.1 Å². The Labute approximate surface area is 121 Å². The lowest BCUT2D eigenvalue weighted by Crippen LogP contribution is -2.26. The first-order chi connectivity index (χ1) is 9.63. The average Bonchev–Trinajstić information content (AvgIpc) is 3.26. The number of sulfonamides is 1. The van der Waals surface area contributed by atoms with Gasteiger partial charge in [-0.1, -0.05) is 19.8 Å². The molecule has 1 aliphatic carbocycles. The summed E-state index contributed by atoms with van der Waals surface area (Å²) in [6.45, 7) is 3.29. The number of nitrogens with one attached hydrogen (secondary N) is 2. The van der Waals surface area contributed by atoms with Gasteiger partial charge in [0.2, 0.25) is 10.0 Å². The molecule has 0 spiro atoms. The second kappa shape index (κ2) is 7.04. The first-order valence-corrected chi connectivity index (χ1v) is 8.79. The molecule has 1 aromatic heterocycles. The van der Waals surface area contributed by atoms with Crippen molar-refractivity contribution in [1.29, 1.82) is 0 Å². The lowest BCUT2D eigenvalue weighted by molar-refractivity contribution is 0.572. The monoisotopic (exact) mass is 297 g/mol. The summed E-state index contributed by atoms with van der Waals surface area (Å²) in [7, 11) is -3.47. The molecule has 0 bridgehead atoms. The van der Waals surface area contributed by atoms with Crippen LogP contribution in [0.2, 0.25) is 0 Å². The molecule has 1 saturated carbocycles. The van der Waals surface area contributed by atoms with E-state index in [0.29, 0.717) is 12.2 Å². The van der Waals surface area contributed by atoms with E-state index in [2.05, 4.69) is 15.0 Å². The highest BCUT2D eigenvalue weighted by Crippen LogP contribution is 2.33. The van der Waals surface area contributed by atoms with Crippen molar-refractivity contribution in [2.45, 2.75) is 43.9 Å². The Hall–Kier alpha value is -1.14. The number of pyridine rings is 1. The minimum Gasteiger partial charge on any atom is -0.384 e. The van der Waals surface area contributed by atoms with Crippen molar-refractivity contribution in [3.8, 4) is 0 Å². The van der Waals surface area contributed by atoms with Gasteiger partial charge >= 0.3 is 0 Å². The maximum absolute atomic E-state index is 12.3. The average molecular weight is 297 g/mol. The SMILES string of the molecule is CCCNc1ccncc1S(=O)(=O)NCCCC1CC1. The van der Waals surface area contributed by atoms with E-state index < -0.39 is 10.0 Å². The molecule has 1 aliphatic rings. The van der Waals surface area contributed by atoms with Gasteiger partial charge in [0.15, 0.2) is 0 Å². The van der Waals surface area contributed by atoms with Crippen LogP contribution in [0.5, 0.6) is 0 Å². The van der Waals surface area contributed by atoms with Crippen LogP contribution < -0.4 is 10.0 Å². The summed E-state index contributed by atoms with van der Waals surface area (Å²) in [6.07, 6.45) is 8.58. The van der Waals surface area contributed by atoms with Gasteiger partial charge in [-0.05, 0) is 31.2 Å². The fraction of sp³-hybridized carbons (Fsp3) is 0.643. The Kier molecular flexibility index (Phi) is 5.37. The molecule has 1 heterocycles. The lowest BCUT2D eigenvalue weighted by atomic mass is 10.2. The molecule has 0 radical (unpaired) electrons. The van der Waals surface area contributed by atoms with Crippen molar-refractivity contribution in [1.82, 2.24) is 9.71 Å². The second-order valence-corrected chi connectivity index (χ2v) is 7.02. The highest BCUT2D eigenvalue weighted by Gasteiger charge is 2.21. The van der Waals surface area contributed by atoms with Gasteiger partial charge in [0.25, 0.3) is 0 Å². The summed E-state index contributed by atoms with van der Waals surface area (Å²) >= 11 is 0. The van der Waals surface area contributed by atoms with Crippen LogP contribution in [0.25, 0.3) is 0 Å². The quantitative estimate of drug-likeness (QED) is 0.687. The fourth-order valence-electron chi connectivity index (χ4n) is 2.08. The third kappa shape index (κ3) is 4.45. The molecule has 0 saturated heterocycles. The van der Waals surface area contributed by atoms with E-state index in [1.165, 1.54) is 19.0 Å². The third-order valence-electron chi connectivity index (χ3n) is 3.42. The third-order valence-corrected chi connectivity index (χ3v) is 4.91. The van der Waals surface area contributed by atoms with Crippen molar-refractivity contribution < 1.29 is 8.42 Å². The molecule has 20 heavy (non-hydrogen) atoms. The summed E-state index contributed by atoms with van der Waals surface area (Å²) in [5.74, 6) is 0.833. The molecule has 1 aromatic rings. The van der Waals surface area contributed by atoms with Crippen LogP contribution in [-0.4, -0.2) is 26.5 Å². The maximum atomic E-state index is 12.3. The molecule has 0 amide bonds. The van der Waals surface area contributed by atoms with Crippen molar-refractivity contribution in [2.24, 2.45) is 5.92 Å². The molecule has 6 heteroatoms. The Bertz CT molecular complexity index is 527. The number of anilines is 1. The molecule has 2 rings (SSSR count). The van der Waals surface area contributed by atoms with Crippen LogP contribution in [0.3, 0.4) is 0 Å². The van der Waals surface area contributed by atoms with Gasteiger partial charge in [-0.15, -0.1) is 0 Å². The van der Waals surface area contributed by atoms with Gasteiger partial charge in [0.05, 0.1) is 5.69 Å². The Balaban J connectivity index is 1.95. The zero-order chi connectivity index (χ0) is 14.4. The Morgan fingerprint density at radius 3 is 2.85 bits per heavy atom. The van der Waals surface area contributed by atoms with Crippen molar-refractivity contribution in [3.05, 3.63) is 18.5 Å². The number of hydrogen-bond donors (Lipinski definition) is 2. The maximum Gasteiger partial charge on any atom is 0.244 e. The van der Waals surface area contributed by atoms with Gasteiger partial charge < -0.3 is 5.32 Å². The first-order valence-electron chi connectivity index (χ1n) is 7.31. The van der Waals surface area contributed by atoms with Gasteiger partial charge in [0, 0.05) is 25.5 Å². The van der Waals surface area contributed by atoms with E-state index in [4.69, 9.17) is 0 Å². The summed E-state index contributed by atoms with van der Waals surface area (Å²) < 4.78 is 27.2. The summed E-state index contributed by atoms with van der Waals surface area (Å²) in [5, 5.41) is 3.13. The minimum absolute atomic E-state index is 0.236. The van der Waals surface area contributed by atoms with Crippen LogP contribution in [0.4, 0.5) is 5.69 Å². The zero-order valence-corrected chi connectivity index (χ0v) is 12.7. The molecular formula is C14H23N3O2S. The van der Waals surface area contributed by atoms with Crippen LogP contribution in [-0.2, 0) is 10.0 Å². The van der Waals surface area contributed by atoms with E-state index in [-0.39, 0.29) is 4.90 Å². The van der Waals surface area contributed by atoms with Crippen LogP contribution in [0.15, 0.2) is 23.4 Å². The van der Waals surface area contributed by atoms with E-state index >= 15 is 0 Å². The van der Waals surface area contributed by atoms with E-state index in [0.717, 1.165) is 31.7 Å². The van der Waals surface area contributed by atoms with Gasteiger partial charge in [-0.25, -0.2) is 13.1 Å². The highest BCUT2D eigenvalue weighted by molar-refractivity contribution is 7.89. The fourth-order valence-corrected chi connectivity index (χ4v) is 3.28. The smallest absolute Gasteiger partial charge is 0.244 e. The summed E-state index contributed by atoms with van der Waals surface area (Å²) in [5.41, 5.74) is 0.622. The first kappa shape index (κ1) is 15.3. The molecule has 0 aromatic carbocycles. The molecule has 112 valence electrons. The van der Waals surface area contributed by atoms with Crippen LogP contribution in [0.1, 0.15) is 39.0 Å². The molecule has 0 unspecified atom stereocenters. The van der Waals surface area contributed by atoms with Crippen molar-refractivity contribution in [3.63, 3.8) is 0 Å². The number of hydrogen-bond acceptors (Lipinski definition) is 4. The predicted octanol–water partition coefficient (Wildman–Crippen LogP) is 2.37. The summed E-state index contributed by atoms with van der Waals surface area (Å²) in [6, 6.07) is 1.70. The zero-order valence-electron chi connectivity index (χ0n) is 11.9. The minimum atomic E-state index is -3.47. The number of nitrogens with zero attached hydrogens (tertiary/aromatic N) is 1. The molecule has 0 aliphatic heterocycles. The Morgan fingerprint density at radius 1 is 1.35 bits per heavy atom. The Morgan fingerprint density at radius 2 is 2.15 bits per heavy atom. The standard InChI is InChI=1S/C14H23N3O2S/c1-2-8-16-13-7-10-15-11-14(13)20(18,19)17-9-3-4-12-5-6-12/h7,10-12,17H,2-6,8-9H2,1H3,(H,15,16). The van der Waals surface area contributed by atoms with Crippen molar-refractivity contribution in [2.75, 3.05) is 18.4 Å². The largest absolute Gasteiger partial charge is 0.384 e. The van der Waals surface area contributed by atoms with E-state index in [1.807, 2.05) is 6.92 Å².